The molecule has 104 valence electrons. The summed E-state index contributed by atoms with van der Waals surface area (Å²) in [4.78, 5) is 11.9. The quantitative estimate of drug-likeness (QED) is 0.809. The second-order valence-electron chi connectivity index (χ2n) is 5.59. The van der Waals surface area contributed by atoms with Gasteiger partial charge in [-0.15, -0.1) is 0 Å². The minimum absolute atomic E-state index is 0.0112. The summed E-state index contributed by atoms with van der Waals surface area (Å²) >= 11 is 0. The second kappa shape index (κ2) is 6.98. The maximum Gasteiger partial charge on any atom is 0.315 e. The first-order chi connectivity index (χ1) is 8.79. The maximum absolute atomic E-state index is 11.9. The minimum Gasteiger partial charge on any atom is -0.379 e. The highest BCUT2D eigenvalue weighted by Crippen LogP contribution is 2.27. The monoisotopic (exact) mass is 254 g/mol. The number of carbonyl (C=O) groups excluding carboxylic acids is 1. The molecule has 0 spiro atoms. The molecule has 1 aliphatic carbocycles. The Morgan fingerprint density at radius 2 is 2.06 bits per heavy atom. The molecule has 1 heterocycles. The van der Waals surface area contributed by atoms with Crippen molar-refractivity contribution in [1.29, 1.82) is 0 Å². The molecule has 4 heteroatoms. The van der Waals surface area contributed by atoms with Crippen molar-refractivity contribution in [3.8, 4) is 0 Å². The average molecular weight is 254 g/mol. The molecule has 0 radical (unpaired) electrons. The zero-order valence-corrected chi connectivity index (χ0v) is 11.4. The molecule has 2 N–H and O–H groups in total. The van der Waals surface area contributed by atoms with E-state index in [-0.39, 0.29) is 12.1 Å². The largest absolute Gasteiger partial charge is 0.379 e. The third-order valence-corrected chi connectivity index (χ3v) is 4.24. The highest BCUT2D eigenvalue weighted by Gasteiger charge is 2.25. The van der Waals surface area contributed by atoms with E-state index in [0.717, 1.165) is 19.4 Å². The summed E-state index contributed by atoms with van der Waals surface area (Å²) in [5, 5.41) is 6.17. The Morgan fingerprint density at radius 1 is 1.28 bits per heavy atom. The summed E-state index contributed by atoms with van der Waals surface area (Å²) in [7, 11) is 0. The lowest BCUT2D eigenvalue weighted by molar-refractivity contribution is 0.186. The molecule has 1 saturated heterocycles. The lowest BCUT2D eigenvalue weighted by atomic mass is 9.83. The third kappa shape index (κ3) is 3.87. The number of hydrogen-bond donors (Lipinski definition) is 2. The van der Waals surface area contributed by atoms with Crippen LogP contribution in [0.3, 0.4) is 0 Å². The predicted octanol–water partition coefficient (Wildman–Crippen LogP) is 2.43. The van der Waals surface area contributed by atoms with Gasteiger partial charge in [0, 0.05) is 12.6 Å². The van der Waals surface area contributed by atoms with Crippen molar-refractivity contribution < 1.29 is 9.53 Å². The molecule has 0 bridgehead atoms. The number of amides is 2. The van der Waals surface area contributed by atoms with Crippen LogP contribution in [0, 0.1) is 5.92 Å². The smallest absolute Gasteiger partial charge is 0.315 e. The van der Waals surface area contributed by atoms with Gasteiger partial charge in [0.15, 0.2) is 0 Å². The second-order valence-corrected chi connectivity index (χ2v) is 5.59. The first-order valence-corrected chi connectivity index (χ1v) is 7.44. The van der Waals surface area contributed by atoms with Crippen molar-refractivity contribution in [3.63, 3.8) is 0 Å². The van der Waals surface area contributed by atoms with Crippen LogP contribution in [0.4, 0.5) is 4.79 Å². The fourth-order valence-corrected chi connectivity index (χ4v) is 3.13. The number of rotatable bonds is 4. The van der Waals surface area contributed by atoms with Gasteiger partial charge in [-0.25, -0.2) is 4.79 Å². The van der Waals surface area contributed by atoms with Crippen molar-refractivity contribution >= 4 is 6.03 Å². The molecule has 2 amide bonds. The molecule has 2 fully saturated rings. The first kappa shape index (κ1) is 13.7. The molecule has 1 aliphatic heterocycles. The standard InChI is InChI=1S/C14H26N2O2/c1-2-13(11-6-4-3-5-7-11)16-14(17)15-12-8-9-18-10-12/h11-13H,2-10H2,1H3,(H2,15,16,17). The van der Waals surface area contributed by atoms with Crippen molar-refractivity contribution in [1.82, 2.24) is 10.6 Å². The van der Waals surface area contributed by atoms with Crippen molar-refractivity contribution in [2.75, 3.05) is 13.2 Å². The van der Waals surface area contributed by atoms with E-state index in [2.05, 4.69) is 17.6 Å². The molecule has 2 atom stereocenters. The van der Waals surface area contributed by atoms with Crippen LogP contribution in [0.25, 0.3) is 0 Å². The SMILES string of the molecule is CCC(NC(=O)NC1CCOC1)C1CCCCC1. The summed E-state index contributed by atoms with van der Waals surface area (Å²) in [5.41, 5.74) is 0. The van der Waals surface area contributed by atoms with E-state index in [1.165, 1.54) is 32.1 Å². The highest BCUT2D eigenvalue weighted by molar-refractivity contribution is 5.74. The third-order valence-electron chi connectivity index (χ3n) is 4.24. The topological polar surface area (TPSA) is 50.4 Å². The van der Waals surface area contributed by atoms with Crippen molar-refractivity contribution in [2.45, 2.75) is 64.0 Å². The number of ether oxygens (including phenoxy) is 1. The molecule has 0 aromatic heterocycles. The summed E-state index contributed by atoms with van der Waals surface area (Å²) < 4.78 is 5.26. The summed E-state index contributed by atoms with van der Waals surface area (Å²) in [6.45, 7) is 3.59. The van der Waals surface area contributed by atoms with Crippen LogP contribution in [-0.4, -0.2) is 31.3 Å². The highest BCUT2D eigenvalue weighted by atomic mass is 16.5. The molecule has 4 nitrogen and oxygen atoms in total. The molecular weight excluding hydrogens is 228 g/mol. The normalized spacial score (nSPS) is 26.8. The van der Waals surface area contributed by atoms with Gasteiger partial charge in [0.25, 0.3) is 0 Å². The summed E-state index contributed by atoms with van der Waals surface area (Å²) in [6.07, 6.45) is 8.50. The summed E-state index contributed by atoms with van der Waals surface area (Å²) in [6, 6.07) is 0.532. The van der Waals surface area contributed by atoms with Gasteiger partial charge < -0.3 is 15.4 Å². The molecule has 1 saturated carbocycles. The Labute approximate surface area is 110 Å². The molecule has 0 aromatic carbocycles. The molecule has 2 rings (SSSR count). The molecular formula is C14H26N2O2. The van der Waals surface area contributed by atoms with E-state index in [4.69, 9.17) is 4.74 Å². The summed E-state index contributed by atoms with van der Waals surface area (Å²) in [5.74, 6) is 0.675. The fraction of sp³-hybridized carbons (Fsp3) is 0.929. The van der Waals surface area contributed by atoms with E-state index in [1.54, 1.807) is 0 Å². The minimum atomic E-state index is -0.0112. The van der Waals surface area contributed by atoms with Crippen LogP contribution in [0.2, 0.25) is 0 Å². The Kier molecular flexibility index (Phi) is 5.29. The van der Waals surface area contributed by atoms with E-state index in [0.29, 0.717) is 18.6 Å². The van der Waals surface area contributed by atoms with Gasteiger partial charge in [0.1, 0.15) is 0 Å². The van der Waals surface area contributed by atoms with Crippen LogP contribution < -0.4 is 10.6 Å². The maximum atomic E-state index is 11.9. The zero-order chi connectivity index (χ0) is 12.8. The first-order valence-electron chi connectivity index (χ1n) is 7.44. The Balaban J connectivity index is 1.75. The molecule has 0 aromatic rings. The van der Waals surface area contributed by atoms with Gasteiger partial charge in [-0.05, 0) is 31.6 Å². The lowest BCUT2D eigenvalue weighted by Gasteiger charge is -2.30. The number of urea groups is 1. The predicted molar refractivity (Wildman–Crippen MR) is 71.5 cm³/mol. The lowest BCUT2D eigenvalue weighted by Crippen LogP contribution is -2.48. The van der Waals surface area contributed by atoms with Gasteiger partial charge in [-0.2, -0.15) is 0 Å². The van der Waals surface area contributed by atoms with Crippen LogP contribution in [-0.2, 0) is 4.74 Å². The Morgan fingerprint density at radius 3 is 2.67 bits per heavy atom. The van der Waals surface area contributed by atoms with Gasteiger partial charge in [-0.3, -0.25) is 0 Å². The molecule has 2 aliphatic rings. The molecule has 2 unspecified atom stereocenters. The number of hydrogen-bond acceptors (Lipinski definition) is 2. The fourth-order valence-electron chi connectivity index (χ4n) is 3.13. The number of nitrogens with one attached hydrogen (secondary N) is 2. The van der Waals surface area contributed by atoms with Gasteiger partial charge in [0.05, 0.1) is 12.6 Å². The number of carbonyl (C=O) groups is 1. The Hall–Kier alpha value is -0.770. The van der Waals surface area contributed by atoms with Crippen LogP contribution in [0.5, 0.6) is 0 Å². The Bertz CT molecular complexity index is 259. The van der Waals surface area contributed by atoms with Gasteiger partial charge >= 0.3 is 6.03 Å². The van der Waals surface area contributed by atoms with Gasteiger partial charge in [0.2, 0.25) is 0 Å². The van der Waals surface area contributed by atoms with E-state index < -0.39 is 0 Å². The van der Waals surface area contributed by atoms with E-state index in [9.17, 15) is 4.79 Å². The van der Waals surface area contributed by atoms with Crippen LogP contribution >= 0.6 is 0 Å². The van der Waals surface area contributed by atoms with Crippen LogP contribution in [0.15, 0.2) is 0 Å². The van der Waals surface area contributed by atoms with E-state index in [1.807, 2.05) is 0 Å². The van der Waals surface area contributed by atoms with Crippen molar-refractivity contribution in [3.05, 3.63) is 0 Å². The van der Waals surface area contributed by atoms with Crippen LogP contribution in [0.1, 0.15) is 51.9 Å². The zero-order valence-electron chi connectivity index (χ0n) is 11.4. The average Bonchev–Trinajstić information content (AvgIpc) is 2.90. The van der Waals surface area contributed by atoms with Gasteiger partial charge in [-0.1, -0.05) is 26.2 Å². The molecule has 18 heavy (non-hydrogen) atoms. The van der Waals surface area contributed by atoms with E-state index >= 15 is 0 Å². The van der Waals surface area contributed by atoms with Crippen molar-refractivity contribution in [2.24, 2.45) is 5.92 Å².